The van der Waals surface area contributed by atoms with Crippen LogP contribution < -0.4 is 10.3 Å². The predicted molar refractivity (Wildman–Crippen MR) is 128 cm³/mol. The molecule has 0 amide bonds. The maximum absolute atomic E-state index is 13.2. The van der Waals surface area contributed by atoms with E-state index in [1.54, 1.807) is 17.6 Å². The van der Waals surface area contributed by atoms with Crippen molar-refractivity contribution in [3.05, 3.63) is 69.1 Å². The molecule has 0 unspecified atom stereocenters. The molecule has 4 aromatic rings. The van der Waals surface area contributed by atoms with E-state index >= 15 is 0 Å². The monoisotopic (exact) mass is 431 g/mol. The minimum Gasteiger partial charge on any atom is -0.493 e. The van der Waals surface area contributed by atoms with Crippen LogP contribution in [0.25, 0.3) is 21.0 Å². The molecule has 2 heterocycles. The van der Waals surface area contributed by atoms with Crippen LogP contribution in [0.5, 0.6) is 5.75 Å². The summed E-state index contributed by atoms with van der Waals surface area (Å²) in [5.41, 5.74) is 1.98. The summed E-state index contributed by atoms with van der Waals surface area (Å²) in [6, 6.07) is 12.2. The average Bonchev–Trinajstić information content (AvgIpc) is 3.19. The van der Waals surface area contributed by atoms with Crippen molar-refractivity contribution in [1.29, 1.82) is 0 Å². The van der Waals surface area contributed by atoms with E-state index < -0.39 is 0 Å². The van der Waals surface area contributed by atoms with Crippen molar-refractivity contribution in [2.75, 3.05) is 6.61 Å². The second-order valence-electron chi connectivity index (χ2n) is 7.93. The lowest BCUT2D eigenvalue weighted by molar-refractivity contribution is 0.309. The highest BCUT2D eigenvalue weighted by molar-refractivity contribution is 7.18. The third-order valence-electron chi connectivity index (χ3n) is 5.86. The largest absolute Gasteiger partial charge is 0.493 e. The quantitative estimate of drug-likeness (QED) is 0.297. The van der Waals surface area contributed by atoms with Crippen molar-refractivity contribution in [2.45, 2.75) is 45.4 Å². The minimum atomic E-state index is -0.0886. The zero-order valence-electron chi connectivity index (χ0n) is 17.6. The lowest BCUT2D eigenvalue weighted by Crippen LogP contribution is -2.18. The van der Waals surface area contributed by atoms with Gasteiger partial charge in [0.2, 0.25) is 0 Å². The lowest BCUT2D eigenvalue weighted by Gasteiger charge is -2.11. The first-order valence-corrected chi connectivity index (χ1v) is 11.8. The molecule has 5 rings (SSSR count). The maximum atomic E-state index is 13.2. The van der Waals surface area contributed by atoms with Gasteiger partial charge in [0.05, 0.1) is 18.2 Å². The first-order valence-electron chi connectivity index (χ1n) is 11.0. The van der Waals surface area contributed by atoms with E-state index in [2.05, 4.69) is 35.2 Å². The zero-order valence-corrected chi connectivity index (χ0v) is 18.5. The highest BCUT2D eigenvalue weighted by Gasteiger charge is 2.20. The molecule has 1 aliphatic rings. The Kier molecular flexibility index (Phi) is 5.55. The number of thiophene rings is 1. The summed E-state index contributed by atoms with van der Waals surface area (Å²) >= 11 is 1.66. The van der Waals surface area contributed by atoms with Crippen molar-refractivity contribution in [3.8, 4) is 5.75 Å². The molecule has 0 saturated carbocycles. The molecule has 0 bridgehead atoms. The Hall–Kier alpha value is -2.99. The third kappa shape index (κ3) is 3.76. The molecule has 0 radical (unpaired) electrons. The van der Waals surface area contributed by atoms with Gasteiger partial charge in [0.15, 0.2) is 0 Å². The molecule has 5 nitrogen and oxygen atoms in total. The smallest absolute Gasteiger partial charge is 0.282 e. The second kappa shape index (κ2) is 8.63. The number of nitrogens with zero attached hydrogens (tertiary/aromatic N) is 3. The molecule has 0 fully saturated rings. The van der Waals surface area contributed by atoms with Gasteiger partial charge < -0.3 is 4.74 Å². The maximum Gasteiger partial charge on any atom is 0.282 e. The van der Waals surface area contributed by atoms with Crippen LogP contribution in [0.1, 0.15) is 48.6 Å². The minimum absolute atomic E-state index is 0.0886. The average molecular weight is 432 g/mol. The van der Waals surface area contributed by atoms with Gasteiger partial charge in [-0.25, -0.2) is 4.98 Å². The number of hydrogen-bond acceptors (Lipinski definition) is 5. The summed E-state index contributed by atoms with van der Waals surface area (Å²) in [6.45, 7) is 2.80. The highest BCUT2D eigenvalue weighted by atomic mass is 32.1. The number of aromatic nitrogens is 2. The Balaban J connectivity index is 1.58. The molecule has 158 valence electrons. The molecular formula is C25H25N3O2S. The standard InChI is InChI=1S/C25H25N3O2S/c1-2-3-14-30-21-13-12-17-8-4-5-9-18(17)20(21)15-27-28-16-26-24-23(25(28)29)19-10-6-7-11-22(19)31-24/h4-5,8-9,12-13,15-16H,2-3,6-7,10-11,14H2,1H3. The second-order valence-corrected chi connectivity index (χ2v) is 9.01. The molecule has 0 spiro atoms. The van der Waals surface area contributed by atoms with Gasteiger partial charge in [-0.3, -0.25) is 4.79 Å². The van der Waals surface area contributed by atoms with Crippen LogP contribution in [0.3, 0.4) is 0 Å². The fraction of sp³-hybridized carbons (Fsp3) is 0.320. The van der Waals surface area contributed by atoms with Crippen LogP contribution >= 0.6 is 11.3 Å². The number of unbranched alkanes of at least 4 members (excludes halogenated alkanes) is 1. The number of hydrogen-bond donors (Lipinski definition) is 0. The van der Waals surface area contributed by atoms with Gasteiger partial charge in [-0.05, 0) is 54.5 Å². The van der Waals surface area contributed by atoms with Crippen molar-refractivity contribution in [2.24, 2.45) is 5.10 Å². The van der Waals surface area contributed by atoms with Gasteiger partial charge >= 0.3 is 0 Å². The Morgan fingerprint density at radius 1 is 1.19 bits per heavy atom. The molecule has 0 aliphatic heterocycles. The van der Waals surface area contributed by atoms with Gasteiger partial charge in [-0.2, -0.15) is 9.78 Å². The first kappa shape index (κ1) is 19.9. The molecule has 0 atom stereocenters. The Morgan fingerprint density at radius 2 is 2.06 bits per heavy atom. The molecule has 2 aromatic carbocycles. The molecular weight excluding hydrogens is 406 g/mol. The predicted octanol–water partition coefficient (Wildman–Crippen LogP) is 5.55. The van der Waals surface area contributed by atoms with Gasteiger partial charge in [-0.15, -0.1) is 11.3 Å². The van der Waals surface area contributed by atoms with Crippen LogP contribution in [0, 0.1) is 0 Å². The van der Waals surface area contributed by atoms with E-state index in [1.165, 1.54) is 27.9 Å². The van der Waals surface area contributed by atoms with E-state index in [1.807, 2.05) is 18.2 Å². The Labute approximate surface area is 185 Å². The number of benzene rings is 2. The molecule has 1 aliphatic carbocycles. The number of ether oxygens (including phenoxy) is 1. The number of aryl methyl sites for hydroxylation is 2. The van der Waals surface area contributed by atoms with Crippen LogP contribution in [-0.2, 0) is 12.8 Å². The van der Waals surface area contributed by atoms with E-state index in [4.69, 9.17) is 4.74 Å². The fourth-order valence-corrected chi connectivity index (χ4v) is 5.42. The van der Waals surface area contributed by atoms with Crippen molar-refractivity contribution >= 4 is 38.5 Å². The molecule has 0 N–H and O–H groups in total. The van der Waals surface area contributed by atoms with Crippen molar-refractivity contribution < 1.29 is 4.74 Å². The lowest BCUT2D eigenvalue weighted by atomic mass is 9.97. The van der Waals surface area contributed by atoms with Crippen LogP contribution in [0.4, 0.5) is 0 Å². The summed E-state index contributed by atoms with van der Waals surface area (Å²) in [5.74, 6) is 0.783. The molecule has 2 aromatic heterocycles. The van der Waals surface area contributed by atoms with Crippen molar-refractivity contribution in [1.82, 2.24) is 9.66 Å². The van der Waals surface area contributed by atoms with Crippen LogP contribution in [-0.4, -0.2) is 22.5 Å². The first-order chi connectivity index (χ1) is 15.3. The number of fused-ring (bicyclic) bond motifs is 4. The van der Waals surface area contributed by atoms with E-state index in [-0.39, 0.29) is 5.56 Å². The summed E-state index contributed by atoms with van der Waals surface area (Å²) in [7, 11) is 0. The Bertz CT molecular complexity index is 1340. The van der Waals surface area contributed by atoms with E-state index in [0.29, 0.717) is 6.61 Å². The summed E-state index contributed by atoms with van der Waals surface area (Å²) in [4.78, 5) is 19.9. The van der Waals surface area contributed by atoms with Crippen LogP contribution in [0.15, 0.2) is 52.6 Å². The molecule has 0 saturated heterocycles. The van der Waals surface area contributed by atoms with E-state index in [0.717, 1.165) is 64.4 Å². The zero-order chi connectivity index (χ0) is 21.2. The van der Waals surface area contributed by atoms with Gasteiger partial charge in [0.25, 0.3) is 5.56 Å². The SMILES string of the molecule is CCCCOc1ccc2ccccc2c1C=Nn1cnc2sc3c(c2c1=O)CCCC3. The normalized spacial score (nSPS) is 13.8. The topological polar surface area (TPSA) is 56.5 Å². The van der Waals surface area contributed by atoms with Crippen molar-refractivity contribution in [3.63, 3.8) is 0 Å². The van der Waals surface area contributed by atoms with Crippen LogP contribution in [0.2, 0.25) is 0 Å². The summed E-state index contributed by atoms with van der Waals surface area (Å²) in [6.07, 6.45) is 9.66. The number of rotatable bonds is 6. The summed E-state index contributed by atoms with van der Waals surface area (Å²) in [5, 5.41) is 7.44. The van der Waals surface area contributed by atoms with E-state index in [9.17, 15) is 4.79 Å². The third-order valence-corrected chi connectivity index (χ3v) is 7.06. The molecule has 31 heavy (non-hydrogen) atoms. The fourth-order valence-electron chi connectivity index (χ4n) is 4.20. The Morgan fingerprint density at radius 3 is 2.97 bits per heavy atom. The molecule has 6 heteroatoms. The van der Waals surface area contributed by atoms with Gasteiger partial charge in [0.1, 0.15) is 16.9 Å². The highest BCUT2D eigenvalue weighted by Crippen LogP contribution is 2.33. The van der Waals surface area contributed by atoms with Gasteiger partial charge in [0, 0.05) is 10.4 Å². The van der Waals surface area contributed by atoms with Gasteiger partial charge in [-0.1, -0.05) is 43.7 Å². The summed E-state index contributed by atoms with van der Waals surface area (Å²) < 4.78 is 7.41.